The molecule has 1 aliphatic rings. The molecule has 0 aromatic carbocycles. The first-order chi connectivity index (χ1) is 16.5. The van der Waals surface area contributed by atoms with Gasteiger partial charge in [-0.25, -0.2) is 5.10 Å². The van der Waals surface area contributed by atoms with Gasteiger partial charge in [0.15, 0.2) is 5.16 Å². The average molecular weight is 499 g/mol. The van der Waals surface area contributed by atoms with Gasteiger partial charge in [-0.2, -0.15) is 5.10 Å². The van der Waals surface area contributed by atoms with Gasteiger partial charge in [0.1, 0.15) is 17.0 Å². The Morgan fingerprint density at radius 1 is 1.26 bits per heavy atom. The molecule has 9 nitrogen and oxygen atoms in total. The van der Waals surface area contributed by atoms with Gasteiger partial charge in [0, 0.05) is 17.3 Å². The molecule has 1 amide bonds. The van der Waals surface area contributed by atoms with Gasteiger partial charge in [-0.15, -0.1) is 21.5 Å². The number of aromatic nitrogens is 5. The van der Waals surface area contributed by atoms with Crippen molar-refractivity contribution in [1.29, 1.82) is 0 Å². The first kappa shape index (κ1) is 22.9. The first-order valence-corrected chi connectivity index (χ1v) is 13.2. The van der Waals surface area contributed by atoms with Crippen LogP contribution in [-0.2, 0) is 11.2 Å². The molecule has 2 N–H and O–H groups in total. The molecule has 1 saturated carbocycles. The van der Waals surface area contributed by atoms with Crippen molar-refractivity contribution in [3.63, 3.8) is 0 Å². The lowest BCUT2D eigenvalue weighted by atomic mass is 9.95. The van der Waals surface area contributed by atoms with E-state index in [-0.39, 0.29) is 17.5 Å². The number of thioether (sulfide) groups is 1. The van der Waals surface area contributed by atoms with E-state index < -0.39 is 5.56 Å². The van der Waals surface area contributed by atoms with Crippen LogP contribution in [0.3, 0.4) is 0 Å². The lowest BCUT2D eigenvalue weighted by Gasteiger charge is -2.25. The Kier molecular flexibility index (Phi) is 6.55. The normalized spacial score (nSPS) is 14.6. The molecule has 1 aliphatic carbocycles. The van der Waals surface area contributed by atoms with Crippen LogP contribution in [0.2, 0.25) is 0 Å². The Balaban J connectivity index is 1.34. The second kappa shape index (κ2) is 9.75. The van der Waals surface area contributed by atoms with Crippen LogP contribution in [0.1, 0.15) is 60.3 Å². The quantitative estimate of drug-likeness (QED) is 0.357. The summed E-state index contributed by atoms with van der Waals surface area (Å²) in [7, 11) is 0. The Labute approximate surface area is 204 Å². The van der Waals surface area contributed by atoms with Crippen molar-refractivity contribution in [3.8, 4) is 0 Å². The minimum absolute atomic E-state index is 0.132. The van der Waals surface area contributed by atoms with Gasteiger partial charge in [0.2, 0.25) is 11.8 Å². The standard InChI is InChI=1S/C23H26N6O3S2/c1-13-19-14(2)32-22(20(19)21(31)27-25-13)24-18(30)12-34-23-28-26-17(11-16-9-6-10-33-16)29(23)15-7-4-3-5-8-15/h6,9-10,15H,3-5,7-8,11-12H2,1-2H3,(H,24,30)(H,27,31). The summed E-state index contributed by atoms with van der Waals surface area (Å²) in [6.45, 7) is 3.54. The number of nitrogens with zero attached hydrogens (tertiary/aromatic N) is 4. The Hall–Kier alpha value is -2.92. The Morgan fingerprint density at radius 2 is 2.09 bits per heavy atom. The van der Waals surface area contributed by atoms with Crippen molar-refractivity contribution >= 4 is 45.7 Å². The van der Waals surface area contributed by atoms with Crippen LogP contribution in [0.25, 0.3) is 10.8 Å². The number of amides is 1. The summed E-state index contributed by atoms with van der Waals surface area (Å²) in [6.07, 6.45) is 6.58. The number of thiophene rings is 1. The molecule has 34 heavy (non-hydrogen) atoms. The number of carbonyl (C=O) groups is 1. The third kappa shape index (κ3) is 4.54. The largest absolute Gasteiger partial charge is 0.444 e. The Bertz CT molecular complexity index is 1370. The van der Waals surface area contributed by atoms with E-state index >= 15 is 0 Å². The number of rotatable bonds is 7. The van der Waals surface area contributed by atoms with E-state index in [9.17, 15) is 9.59 Å². The van der Waals surface area contributed by atoms with E-state index in [4.69, 9.17) is 4.42 Å². The zero-order valence-corrected chi connectivity index (χ0v) is 20.7. The minimum Gasteiger partial charge on any atom is -0.444 e. The maximum atomic E-state index is 12.8. The molecule has 1 fully saturated rings. The zero-order chi connectivity index (χ0) is 23.7. The molecule has 4 heterocycles. The molecule has 0 atom stereocenters. The van der Waals surface area contributed by atoms with Gasteiger partial charge in [0.05, 0.1) is 16.8 Å². The monoisotopic (exact) mass is 498 g/mol. The zero-order valence-electron chi connectivity index (χ0n) is 19.1. The van der Waals surface area contributed by atoms with Crippen molar-refractivity contribution in [3.05, 3.63) is 50.0 Å². The van der Waals surface area contributed by atoms with Crippen molar-refractivity contribution in [1.82, 2.24) is 25.0 Å². The highest BCUT2D eigenvalue weighted by atomic mass is 32.2. The molecular weight excluding hydrogens is 472 g/mol. The van der Waals surface area contributed by atoms with Gasteiger partial charge in [-0.05, 0) is 38.1 Å². The molecule has 0 unspecified atom stereocenters. The molecule has 0 spiro atoms. The number of carbonyl (C=O) groups excluding carboxylic acids is 1. The van der Waals surface area contributed by atoms with E-state index in [1.807, 2.05) is 6.07 Å². The molecule has 0 bridgehead atoms. The fourth-order valence-electron chi connectivity index (χ4n) is 4.63. The SMILES string of the molecule is Cc1n[nH]c(=O)c2c(NC(=O)CSc3nnc(Cc4cccs4)n3C3CCCCC3)oc(C)c12. The number of hydrogen-bond donors (Lipinski definition) is 2. The van der Waals surface area contributed by atoms with E-state index in [1.165, 1.54) is 35.9 Å². The average Bonchev–Trinajstić information content (AvgIpc) is 3.56. The van der Waals surface area contributed by atoms with E-state index in [2.05, 4.69) is 41.7 Å². The van der Waals surface area contributed by atoms with E-state index in [0.29, 0.717) is 28.3 Å². The number of aryl methyl sites for hydroxylation is 2. The predicted octanol–water partition coefficient (Wildman–Crippen LogP) is 4.61. The molecular formula is C23H26N6O3S2. The second-order valence-corrected chi connectivity index (χ2v) is 10.5. The number of H-pyrrole nitrogens is 1. The van der Waals surface area contributed by atoms with Crippen LogP contribution in [0.15, 0.2) is 31.9 Å². The summed E-state index contributed by atoms with van der Waals surface area (Å²) < 4.78 is 7.94. The maximum absolute atomic E-state index is 12.8. The van der Waals surface area contributed by atoms with E-state index in [0.717, 1.165) is 30.2 Å². The number of fused-ring (bicyclic) bond motifs is 1. The van der Waals surface area contributed by atoms with Crippen LogP contribution < -0.4 is 10.9 Å². The molecule has 0 saturated heterocycles. The highest BCUT2D eigenvalue weighted by molar-refractivity contribution is 7.99. The summed E-state index contributed by atoms with van der Waals surface area (Å²) in [5, 5.41) is 21.9. The smallest absolute Gasteiger partial charge is 0.277 e. The van der Waals surface area contributed by atoms with Gasteiger partial charge < -0.3 is 8.98 Å². The van der Waals surface area contributed by atoms with Gasteiger partial charge in [-0.3, -0.25) is 14.9 Å². The van der Waals surface area contributed by atoms with Crippen LogP contribution >= 0.6 is 23.1 Å². The fraction of sp³-hybridized carbons (Fsp3) is 0.435. The van der Waals surface area contributed by atoms with Crippen LogP contribution in [0.5, 0.6) is 0 Å². The fourth-order valence-corrected chi connectivity index (χ4v) is 6.15. The molecule has 4 aromatic heterocycles. The third-order valence-electron chi connectivity index (χ3n) is 6.17. The number of anilines is 1. The van der Waals surface area contributed by atoms with Gasteiger partial charge in [-0.1, -0.05) is 37.1 Å². The molecule has 5 rings (SSSR count). The van der Waals surface area contributed by atoms with Crippen LogP contribution in [0.4, 0.5) is 5.88 Å². The van der Waals surface area contributed by atoms with Gasteiger partial charge in [0.25, 0.3) is 5.56 Å². The third-order valence-corrected chi connectivity index (χ3v) is 7.99. The van der Waals surface area contributed by atoms with Crippen LogP contribution in [-0.4, -0.2) is 36.6 Å². The van der Waals surface area contributed by atoms with E-state index in [1.54, 1.807) is 25.2 Å². The van der Waals surface area contributed by atoms with Crippen molar-refractivity contribution in [2.24, 2.45) is 0 Å². The number of hydrogen-bond acceptors (Lipinski definition) is 8. The maximum Gasteiger partial charge on any atom is 0.277 e. The highest BCUT2D eigenvalue weighted by Crippen LogP contribution is 2.34. The highest BCUT2D eigenvalue weighted by Gasteiger charge is 2.24. The summed E-state index contributed by atoms with van der Waals surface area (Å²) in [5.74, 6) is 1.50. The predicted molar refractivity (Wildman–Crippen MR) is 133 cm³/mol. The Morgan fingerprint density at radius 3 is 2.85 bits per heavy atom. The summed E-state index contributed by atoms with van der Waals surface area (Å²) in [5.41, 5.74) is 0.250. The molecule has 11 heteroatoms. The first-order valence-electron chi connectivity index (χ1n) is 11.4. The van der Waals surface area contributed by atoms with Crippen molar-refractivity contribution < 1.29 is 9.21 Å². The second-order valence-electron chi connectivity index (χ2n) is 8.53. The lowest BCUT2D eigenvalue weighted by molar-refractivity contribution is -0.113. The number of furan rings is 1. The van der Waals surface area contributed by atoms with Crippen molar-refractivity contribution in [2.75, 3.05) is 11.1 Å². The molecule has 4 aromatic rings. The lowest BCUT2D eigenvalue weighted by Crippen LogP contribution is -2.19. The topological polar surface area (TPSA) is 119 Å². The summed E-state index contributed by atoms with van der Waals surface area (Å²) in [6, 6.07) is 4.51. The number of nitrogens with one attached hydrogen (secondary N) is 2. The summed E-state index contributed by atoms with van der Waals surface area (Å²) >= 11 is 3.07. The summed E-state index contributed by atoms with van der Waals surface area (Å²) in [4.78, 5) is 26.4. The van der Waals surface area contributed by atoms with Crippen molar-refractivity contribution in [2.45, 2.75) is 63.6 Å². The number of aromatic amines is 1. The minimum atomic E-state index is -0.393. The van der Waals surface area contributed by atoms with Gasteiger partial charge >= 0.3 is 0 Å². The molecule has 0 radical (unpaired) electrons. The molecule has 178 valence electrons. The molecule has 0 aliphatic heterocycles. The van der Waals surface area contributed by atoms with Crippen LogP contribution in [0, 0.1) is 13.8 Å².